The lowest BCUT2D eigenvalue weighted by Crippen LogP contribution is -2.28. The van der Waals surface area contributed by atoms with E-state index in [9.17, 15) is 4.79 Å². The summed E-state index contributed by atoms with van der Waals surface area (Å²) in [5.74, 6) is -0.312. The predicted octanol–water partition coefficient (Wildman–Crippen LogP) is 3.29. The number of hydrogen-bond acceptors (Lipinski definition) is 5. The van der Waals surface area contributed by atoms with E-state index < -0.39 is 0 Å². The van der Waals surface area contributed by atoms with Crippen LogP contribution >= 0.6 is 11.3 Å². The van der Waals surface area contributed by atoms with Crippen molar-refractivity contribution in [3.05, 3.63) is 16.1 Å². The summed E-state index contributed by atoms with van der Waals surface area (Å²) in [4.78, 5) is 16.2. The average molecular weight is 282 g/mol. The Kier molecular flexibility index (Phi) is 4.26. The van der Waals surface area contributed by atoms with Crippen molar-refractivity contribution in [2.45, 2.75) is 58.6 Å². The van der Waals surface area contributed by atoms with Crippen LogP contribution in [0.15, 0.2) is 5.38 Å². The summed E-state index contributed by atoms with van der Waals surface area (Å²) in [6.45, 7) is 6.39. The lowest BCUT2D eigenvalue weighted by molar-refractivity contribution is 0.00897. The zero-order valence-corrected chi connectivity index (χ0v) is 12.6. The maximum atomic E-state index is 12.0. The SMILES string of the molecule is CC(N)c1nc(C(=O)OC2CCC(C)(C)CC2)cs1. The van der Waals surface area contributed by atoms with Gasteiger partial charge in [0.1, 0.15) is 11.1 Å². The smallest absolute Gasteiger partial charge is 0.358 e. The van der Waals surface area contributed by atoms with Crippen molar-refractivity contribution in [3.63, 3.8) is 0 Å². The second-order valence-electron chi connectivity index (χ2n) is 6.13. The Morgan fingerprint density at radius 1 is 1.53 bits per heavy atom. The van der Waals surface area contributed by atoms with Crippen LogP contribution in [0.2, 0.25) is 0 Å². The third kappa shape index (κ3) is 3.76. The molecule has 1 atom stereocenters. The molecule has 106 valence electrons. The van der Waals surface area contributed by atoms with Gasteiger partial charge in [0.15, 0.2) is 5.69 Å². The Hall–Kier alpha value is -0.940. The summed E-state index contributed by atoms with van der Waals surface area (Å²) in [7, 11) is 0. The third-order valence-electron chi connectivity index (χ3n) is 3.68. The molecule has 1 unspecified atom stereocenters. The molecule has 0 aromatic carbocycles. The molecular weight excluding hydrogens is 260 g/mol. The number of nitrogens with zero attached hydrogens (tertiary/aromatic N) is 1. The van der Waals surface area contributed by atoms with Crippen LogP contribution in [0.4, 0.5) is 0 Å². The topological polar surface area (TPSA) is 65.2 Å². The molecule has 1 aromatic rings. The molecule has 4 nitrogen and oxygen atoms in total. The van der Waals surface area contributed by atoms with E-state index in [4.69, 9.17) is 10.5 Å². The average Bonchev–Trinajstić information content (AvgIpc) is 2.81. The normalized spacial score (nSPS) is 21.1. The zero-order chi connectivity index (χ0) is 14.0. The van der Waals surface area contributed by atoms with Gasteiger partial charge in [-0.15, -0.1) is 11.3 Å². The van der Waals surface area contributed by atoms with Crippen LogP contribution in [0.5, 0.6) is 0 Å². The van der Waals surface area contributed by atoms with Crippen molar-refractivity contribution in [1.82, 2.24) is 4.98 Å². The Bertz CT molecular complexity index is 444. The molecular formula is C14H22N2O2S. The van der Waals surface area contributed by atoms with E-state index in [1.807, 2.05) is 6.92 Å². The van der Waals surface area contributed by atoms with Crippen LogP contribution in [0, 0.1) is 5.41 Å². The number of carbonyl (C=O) groups excluding carboxylic acids is 1. The minimum atomic E-state index is -0.312. The second kappa shape index (κ2) is 5.59. The van der Waals surface area contributed by atoms with Gasteiger partial charge in [0, 0.05) is 5.38 Å². The summed E-state index contributed by atoms with van der Waals surface area (Å²) in [6, 6.07) is -0.137. The van der Waals surface area contributed by atoms with E-state index in [1.54, 1.807) is 5.38 Å². The summed E-state index contributed by atoms with van der Waals surface area (Å²) >= 11 is 1.41. The van der Waals surface area contributed by atoms with E-state index in [0.717, 1.165) is 30.7 Å². The molecule has 1 saturated carbocycles. The molecule has 2 N–H and O–H groups in total. The minimum absolute atomic E-state index is 0.0426. The second-order valence-corrected chi connectivity index (χ2v) is 7.02. The first-order valence-corrected chi connectivity index (χ1v) is 7.67. The molecule has 1 aromatic heterocycles. The number of thiazole rings is 1. The highest BCUT2D eigenvalue weighted by Crippen LogP contribution is 2.36. The molecule has 0 aliphatic heterocycles. The molecule has 5 heteroatoms. The highest BCUT2D eigenvalue weighted by atomic mass is 32.1. The zero-order valence-electron chi connectivity index (χ0n) is 11.8. The molecule has 19 heavy (non-hydrogen) atoms. The van der Waals surface area contributed by atoms with E-state index in [2.05, 4.69) is 18.8 Å². The van der Waals surface area contributed by atoms with Crippen molar-refractivity contribution in [1.29, 1.82) is 0 Å². The summed E-state index contributed by atoms with van der Waals surface area (Å²) < 4.78 is 5.53. The van der Waals surface area contributed by atoms with Gasteiger partial charge in [0.05, 0.1) is 6.04 Å². The predicted molar refractivity (Wildman–Crippen MR) is 76.2 cm³/mol. The number of ether oxygens (including phenoxy) is 1. The van der Waals surface area contributed by atoms with E-state index >= 15 is 0 Å². The van der Waals surface area contributed by atoms with Gasteiger partial charge < -0.3 is 10.5 Å². The lowest BCUT2D eigenvalue weighted by Gasteiger charge is -2.33. The van der Waals surface area contributed by atoms with Crippen molar-refractivity contribution < 1.29 is 9.53 Å². The molecule has 0 radical (unpaired) electrons. The van der Waals surface area contributed by atoms with Crippen LogP contribution in [-0.2, 0) is 4.74 Å². The largest absolute Gasteiger partial charge is 0.458 e. The molecule has 1 heterocycles. The molecule has 2 rings (SSSR count). The van der Waals surface area contributed by atoms with Gasteiger partial charge in [0.2, 0.25) is 0 Å². The van der Waals surface area contributed by atoms with Crippen LogP contribution in [-0.4, -0.2) is 17.1 Å². The van der Waals surface area contributed by atoms with E-state index in [-0.39, 0.29) is 18.1 Å². The third-order valence-corrected chi connectivity index (χ3v) is 4.73. The van der Waals surface area contributed by atoms with Gasteiger partial charge in [-0.3, -0.25) is 0 Å². The van der Waals surface area contributed by atoms with Crippen LogP contribution in [0.25, 0.3) is 0 Å². The first-order chi connectivity index (χ1) is 8.87. The van der Waals surface area contributed by atoms with Gasteiger partial charge in [0.25, 0.3) is 0 Å². The number of esters is 1. The molecule has 0 amide bonds. The van der Waals surface area contributed by atoms with Gasteiger partial charge in [-0.1, -0.05) is 13.8 Å². The quantitative estimate of drug-likeness (QED) is 0.864. The summed E-state index contributed by atoms with van der Waals surface area (Å²) in [5.41, 5.74) is 6.51. The van der Waals surface area contributed by atoms with Gasteiger partial charge >= 0.3 is 5.97 Å². The number of hydrogen-bond donors (Lipinski definition) is 1. The Morgan fingerprint density at radius 3 is 2.68 bits per heavy atom. The fourth-order valence-electron chi connectivity index (χ4n) is 2.29. The Balaban J connectivity index is 1.90. The Morgan fingerprint density at radius 2 is 2.16 bits per heavy atom. The van der Waals surface area contributed by atoms with E-state index in [0.29, 0.717) is 11.1 Å². The number of aromatic nitrogens is 1. The molecule has 1 aliphatic rings. The van der Waals surface area contributed by atoms with Gasteiger partial charge in [-0.25, -0.2) is 9.78 Å². The van der Waals surface area contributed by atoms with Crippen molar-refractivity contribution in [2.24, 2.45) is 11.1 Å². The van der Waals surface area contributed by atoms with Gasteiger partial charge in [-0.2, -0.15) is 0 Å². The lowest BCUT2D eigenvalue weighted by atomic mass is 9.76. The molecule has 1 aliphatic carbocycles. The highest BCUT2D eigenvalue weighted by molar-refractivity contribution is 7.09. The minimum Gasteiger partial charge on any atom is -0.458 e. The monoisotopic (exact) mass is 282 g/mol. The fourth-order valence-corrected chi connectivity index (χ4v) is 3.04. The van der Waals surface area contributed by atoms with Crippen LogP contribution < -0.4 is 5.73 Å². The van der Waals surface area contributed by atoms with Crippen LogP contribution in [0.3, 0.4) is 0 Å². The standard InChI is InChI=1S/C14H22N2O2S/c1-9(15)12-16-11(8-19-12)13(17)18-10-4-6-14(2,3)7-5-10/h8-10H,4-7,15H2,1-3H3. The number of carbonyl (C=O) groups is 1. The van der Waals surface area contributed by atoms with Crippen LogP contribution in [0.1, 0.15) is 68.0 Å². The van der Waals surface area contributed by atoms with Crippen molar-refractivity contribution >= 4 is 17.3 Å². The maximum Gasteiger partial charge on any atom is 0.358 e. The maximum absolute atomic E-state index is 12.0. The van der Waals surface area contributed by atoms with E-state index in [1.165, 1.54) is 11.3 Å². The first kappa shape index (κ1) is 14.5. The summed E-state index contributed by atoms with van der Waals surface area (Å²) in [6.07, 6.45) is 4.15. The molecule has 0 bridgehead atoms. The molecule has 0 spiro atoms. The first-order valence-electron chi connectivity index (χ1n) is 6.79. The van der Waals surface area contributed by atoms with Gasteiger partial charge in [-0.05, 0) is 38.0 Å². The Labute approximate surface area is 118 Å². The fraction of sp³-hybridized carbons (Fsp3) is 0.714. The molecule has 0 saturated heterocycles. The molecule has 1 fully saturated rings. The highest BCUT2D eigenvalue weighted by Gasteiger charge is 2.29. The van der Waals surface area contributed by atoms with Crippen molar-refractivity contribution in [3.8, 4) is 0 Å². The summed E-state index contributed by atoms with van der Waals surface area (Å²) in [5, 5.41) is 2.50. The van der Waals surface area contributed by atoms with Crippen molar-refractivity contribution in [2.75, 3.05) is 0 Å². The number of rotatable bonds is 3. The number of nitrogens with two attached hydrogens (primary N) is 1.